The molecule has 9 nitrogen and oxygen atoms in total. The molecule has 1 aliphatic rings. The molecule has 2 amide bonds. The molecule has 4 rings (SSSR count). The number of hydrogen-bond acceptors (Lipinski definition) is 9. The van der Waals surface area contributed by atoms with E-state index in [1.54, 1.807) is 34.4 Å². The van der Waals surface area contributed by atoms with E-state index < -0.39 is 8.07 Å². The molecule has 1 atom stereocenters. The van der Waals surface area contributed by atoms with Gasteiger partial charge in [-0.15, -0.1) is 11.3 Å². The Hall–Kier alpha value is -3.09. The Balaban J connectivity index is 1.46. The van der Waals surface area contributed by atoms with E-state index in [9.17, 15) is 9.59 Å². The molecule has 1 aromatic carbocycles. The molecular formula is C29H39N5O4S2Si. The Bertz CT molecular complexity index is 1330. The van der Waals surface area contributed by atoms with Crippen LogP contribution in [0.25, 0.3) is 0 Å². The van der Waals surface area contributed by atoms with Crippen molar-refractivity contribution >= 4 is 54.7 Å². The van der Waals surface area contributed by atoms with Crippen LogP contribution in [0.5, 0.6) is 5.75 Å². The Morgan fingerprint density at radius 1 is 1.22 bits per heavy atom. The van der Waals surface area contributed by atoms with E-state index in [-0.39, 0.29) is 18.1 Å². The summed E-state index contributed by atoms with van der Waals surface area (Å²) < 4.78 is 12.0. The SMILES string of the molecule is CSc1ncc2c(n1)N(C)CCN(c1cccc(OC(CCN(C)C(=O)OCC[Si](C)(C)C)c3cccs3)c1)C2=O. The fraction of sp³-hybridized carbons (Fsp3) is 0.448. The van der Waals surface area contributed by atoms with Gasteiger partial charge in [0.05, 0.1) is 6.61 Å². The van der Waals surface area contributed by atoms with Crippen LogP contribution < -0.4 is 14.5 Å². The zero-order chi connectivity index (χ0) is 29.6. The molecular weight excluding hydrogens is 575 g/mol. The van der Waals surface area contributed by atoms with Crippen LogP contribution in [0.1, 0.15) is 27.8 Å². The number of nitrogens with zero attached hydrogens (tertiary/aromatic N) is 5. The average Bonchev–Trinajstić information content (AvgIpc) is 3.45. The maximum absolute atomic E-state index is 13.6. The third-order valence-electron chi connectivity index (χ3n) is 6.81. The van der Waals surface area contributed by atoms with E-state index in [4.69, 9.17) is 9.47 Å². The van der Waals surface area contributed by atoms with Crippen LogP contribution in [0.15, 0.2) is 53.1 Å². The number of carbonyl (C=O) groups excluding carboxylic acids is 2. The molecule has 0 fully saturated rings. The lowest BCUT2D eigenvalue weighted by Crippen LogP contribution is -2.33. The van der Waals surface area contributed by atoms with E-state index in [2.05, 4.69) is 29.6 Å². The lowest BCUT2D eigenvalue weighted by atomic mass is 10.2. The molecule has 220 valence electrons. The van der Waals surface area contributed by atoms with Gasteiger partial charge in [-0.3, -0.25) is 4.79 Å². The molecule has 41 heavy (non-hydrogen) atoms. The third-order valence-corrected chi connectivity index (χ3v) is 10.0. The number of likely N-dealkylation sites (N-methyl/N-ethyl adjacent to an activating group) is 1. The van der Waals surface area contributed by atoms with Gasteiger partial charge >= 0.3 is 6.09 Å². The van der Waals surface area contributed by atoms with Crippen LogP contribution in [0.4, 0.5) is 16.3 Å². The minimum absolute atomic E-state index is 0.141. The summed E-state index contributed by atoms with van der Waals surface area (Å²) in [5, 5.41) is 2.66. The standard InChI is InChI=1S/C29H39N5O4S2Si/c1-32-14-15-34(27(35)23-20-30-28(39-3)31-26(23)32)21-9-7-10-22(19-21)38-24(25-11-8-17-40-25)12-13-33(2)29(36)37-16-18-41(4,5)6/h7-11,17,19-20,24H,12-16,18H2,1-6H3. The Labute approximate surface area is 251 Å². The Kier molecular flexibility index (Phi) is 10.3. The minimum Gasteiger partial charge on any atom is -0.485 e. The van der Waals surface area contributed by atoms with Gasteiger partial charge in [0.25, 0.3) is 5.91 Å². The van der Waals surface area contributed by atoms with E-state index >= 15 is 0 Å². The van der Waals surface area contributed by atoms with Crippen LogP contribution >= 0.6 is 23.1 Å². The summed E-state index contributed by atoms with van der Waals surface area (Å²) >= 11 is 3.07. The summed E-state index contributed by atoms with van der Waals surface area (Å²) in [4.78, 5) is 41.5. The van der Waals surface area contributed by atoms with E-state index in [1.807, 2.05) is 60.0 Å². The summed E-state index contributed by atoms with van der Waals surface area (Å²) in [6.45, 7) is 8.86. The zero-order valence-corrected chi connectivity index (χ0v) is 27.3. The highest BCUT2D eigenvalue weighted by molar-refractivity contribution is 7.98. The van der Waals surface area contributed by atoms with Crippen molar-refractivity contribution in [3.05, 3.63) is 58.4 Å². The van der Waals surface area contributed by atoms with Crippen LogP contribution in [0.3, 0.4) is 0 Å². The molecule has 0 saturated carbocycles. The largest absolute Gasteiger partial charge is 0.485 e. The van der Waals surface area contributed by atoms with Gasteiger partial charge in [-0.25, -0.2) is 14.8 Å². The number of rotatable bonds is 11. The minimum atomic E-state index is -1.27. The number of ether oxygens (including phenoxy) is 2. The normalized spacial score (nSPS) is 14.3. The second-order valence-electron chi connectivity index (χ2n) is 11.2. The highest BCUT2D eigenvalue weighted by Crippen LogP contribution is 2.32. The fourth-order valence-corrected chi connectivity index (χ4v) is 6.17. The average molecular weight is 614 g/mol. The van der Waals surface area contributed by atoms with Crippen molar-refractivity contribution in [1.82, 2.24) is 14.9 Å². The van der Waals surface area contributed by atoms with Gasteiger partial charge in [-0.2, -0.15) is 0 Å². The van der Waals surface area contributed by atoms with Gasteiger partial charge in [0.2, 0.25) is 0 Å². The van der Waals surface area contributed by atoms with Crippen molar-refractivity contribution in [3.8, 4) is 5.75 Å². The Morgan fingerprint density at radius 3 is 2.73 bits per heavy atom. The molecule has 3 heterocycles. The predicted molar refractivity (Wildman–Crippen MR) is 170 cm³/mol. The number of benzene rings is 1. The molecule has 0 spiro atoms. The summed E-state index contributed by atoms with van der Waals surface area (Å²) in [6, 6.07) is 12.6. The molecule has 0 bridgehead atoms. The number of fused-ring (bicyclic) bond motifs is 1. The molecule has 0 radical (unpaired) electrons. The monoisotopic (exact) mass is 613 g/mol. The second-order valence-corrected chi connectivity index (χ2v) is 18.6. The number of hydrogen-bond donors (Lipinski definition) is 0. The van der Waals surface area contributed by atoms with Gasteiger partial charge in [0.1, 0.15) is 23.2 Å². The van der Waals surface area contributed by atoms with Gasteiger partial charge in [-0.05, 0) is 35.9 Å². The first-order valence-corrected chi connectivity index (χ1v) is 19.5. The predicted octanol–water partition coefficient (Wildman–Crippen LogP) is 6.27. The van der Waals surface area contributed by atoms with Crippen molar-refractivity contribution in [2.45, 2.75) is 43.4 Å². The number of anilines is 2. The Morgan fingerprint density at radius 2 is 2.02 bits per heavy atom. The van der Waals surface area contributed by atoms with E-state index in [0.29, 0.717) is 54.9 Å². The zero-order valence-electron chi connectivity index (χ0n) is 24.6. The van der Waals surface area contributed by atoms with Crippen molar-refractivity contribution in [1.29, 1.82) is 0 Å². The van der Waals surface area contributed by atoms with Gasteiger partial charge < -0.3 is 24.2 Å². The van der Waals surface area contributed by atoms with Gasteiger partial charge in [-0.1, -0.05) is 43.5 Å². The van der Waals surface area contributed by atoms with Crippen molar-refractivity contribution in [3.63, 3.8) is 0 Å². The summed E-state index contributed by atoms with van der Waals surface area (Å²) in [5.74, 6) is 1.16. The highest BCUT2D eigenvalue weighted by Gasteiger charge is 2.28. The van der Waals surface area contributed by atoms with Gasteiger partial charge in [0.15, 0.2) is 5.16 Å². The quantitative estimate of drug-likeness (QED) is 0.142. The number of thiophene rings is 1. The lowest BCUT2D eigenvalue weighted by Gasteiger charge is -2.24. The summed E-state index contributed by atoms with van der Waals surface area (Å²) in [6.07, 6.45) is 3.56. The molecule has 0 aliphatic carbocycles. The van der Waals surface area contributed by atoms with E-state index in [1.165, 1.54) is 11.8 Å². The van der Waals surface area contributed by atoms with Crippen molar-refractivity contribution < 1.29 is 19.1 Å². The van der Waals surface area contributed by atoms with Crippen LogP contribution in [-0.2, 0) is 4.74 Å². The number of amides is 2. The molecule has 1 aliphatic heterocycles. The number of thioether (sulfide) groups is 1. The van der Waals surface area contributed by atoms with Crippen molar-refractivity contribution in [2.24, 2.45) is 0 Å². The molecule has 0 N–H and O–H groups in total. The second kappa shape index (κ2) is 13.7. The maximum Gasteiger partial charge on any atom is 0.409 e. The smallest absolute Gasteiger partial charge is 0.409 e. The lowest BCUT2D eigenvalue weighted by molar-refractivity contribution is 0.0989. The number of carbonyl (C=O) groups is 2. The first-order chi connectivity index (χ1) is 19.6. The number of aromatic nitrogens is 2. The fourth-order valence-electron chi connectivity index (χ4n) is 4.33. The highest BCUT2D eigenvalue weighted by atomic mass is 32.2. The molecule has 1 unspecified atom stereocenters. The molecule has 12 heteroatoms. The van der Waals surface area contributed by atoms with Crippen LogP contribution in [0, 0.1) is 0 Å². The molecule has 2 aromatic heterocycles. The van der Waals surface area contributed by atoms with Crippen molar-refractivity contribution in [2.75, 3.05) is 56.4 Å². The summed E-state index contributed by atoms with van der Waals surface area (Å²) in [5.41, 5.74) is 1.22. The first kappa shape index (κ1) is 30.9. The third kappa shape index (κ3) is 8.23. The molecule has 3 aromatic rings. The maximum atomic E-state index is 13.6. The molecule has 0 saturated heterocycles. The van der Waals surface area contributed by atoms with Crippen LogP contribution in [-0.4, -0.2) is 81.5 Å². The topological polar surface area (TPSA) is 88.1 Å². The van der Waals surface area contributed by atoms with Crippen LogP contribution in [0.2, 0.25) is 25.7 Å². The summed E-state index contributed by atoms with van der Waals surface area (Å²) in [7, 11) is 2.43. The van der Waals surface area contributed by atoms with Gasteiger partial charge in [0, 0.05) is 71.1 Å². The van der Waals surface area contributed by atoms with E-state index in [0.717, 1.165) is 16.6 Å². The first-order valence-electron chi connectivity index (χ1n) is 13.7.